The molecule has 1 unspecified atom stereocenters. The summed E-state index contributed by atoms with van der Waals surface area (Å²) >= 11 is 5.65. The first-order chi connectivity index (χ1) is 7.49. The Labute approximate surface area is 97.8 Å². The number of carbonyl (C=O) groups excluding carboxylic acids is 1. The van der Waals surface area contributed by atoms with Gasteiger partial charge < -0.3 is 15.4 Å². The summed E-state index contributed by atoms with van der Waals surface area (Å²) in [7, 11) is 0. The van der Waals surface area contributed by atoms with Gasteiger partial charge in [0, 0.05) is 18.7 Å². The van der Waals surface area contributed by atoms with Crippen molar-refractivity contribution in [1.29, 1.82) is 0 Å². The normalized spacial score (nSPS) is 12.1. The minimum Gasteiger partial charge on any atom is -0.481 e. The summed E-state index contributed by atoms with van der Waals surface area (Å²) in [6.45, 7) is 1.76. The largest absolute Gasteiger partial charge is 0.481 e. The van der Waals surface area contributed by atoms with E-state index in [1.54, 1.807) is 6.92 Å². The molecule has 0 saturated heterocycles. The Morgan fingerprint density at radius 3 is 2.81 bits per heavy atom. The van der Waals surface area contributed by atoms with Crippen LogP contribution in [-0.2, 0) is 4.79 Å². The van der Waals surface area contributed by atoms with Crippen molar-refractivity contribution in [3.05, 3.63) is 23.0 Å². The number of carboxylic acid groups (broad SMARTS) is 1. The van der Waals surface area contributed by atoms with Gasteiger partial charge in [-0.25, -0.2) is 0 Å². The number of carbonyl (C=O) groups is 2. The van der Waals surface area contributed by atoms with Crippen LogP contribution in [0.1, 0.15) is 30.3 Å². The molecule has 6 heteroatoms. The molecule has 0 fully saturated rings. The van der Waals surface area contributed by atoms with Gasteiger partial charge in [0.2, 0.25) is 0 Å². The van der Waals surface area contributed by atoms with Crippen molar-refractivity contribution in [3.8, 4) is 0 Å². The minimum atomic E-state index is -0.871. The number of carboxylic acids is 1. The van der Waals surface area contributed by atoms with E-state index in [0.29, 0.717) is 17.1 Å². The van der Waals surface area contributed by atoms with Crippen LogP contribution in [0.15, 0.2) is 12.3 Å². The van der Waals surface area contributed by atoms with Crippen molar-refractivity contribution in [2.24, 2.45) is 0 Å². The highest BCUT2D eigenvalue weighted by molar-refractivity contribution is 6.30. The minimum absolute atomic E-state index is 0.0347. The van der Waals surface area contributed by atoms with Crippen molar-refractivity contribution in [2.45, 2.75) is 25.8 Å². The van der Waals surface area contributed by atoms with E-state index in [4.69, 9.17) is 16.7 Å². The average molecular weight is 245 g/mol. The first kappa shape index (κ1) is 12.6. The van der Waals surface area contributed by atoms with E-state index < -0.39 is 5.97 Å². The molecule has 5 nitrogen and oxygen atoms in total. The molecule has 3 N–H and O–H groups in total. The topological polar surface area (TPSA) is 82.2 Å². The van der Waals surface area contributed by atoms with E-state index in [-0.39, 0.29) is 18.4 Å². The molecule has 16 heavy (non-hydrogen) atoms. The maximum atomic E-state index is 11.6. The van der Waals surface area contributed by atoms with Crippen LogP contribution < -0.4 is 5.32 Å². The van der Waals surface area contributed by atoms with Gasteiger partial charge in [-0.3, -0.25) is 9.59 Å². The maximum Gasteiger partial charge on any atom is 0.303 e. The van der Waals surface area contributed by atoms with Gasteiger partial charge >= 0.3 is 5.97 Å². The highest BCUT2D eigenvalue weighted by atomic mass is 35.5. The van der Waals surface area contributed by atoms with Crippen LogP contribution in [0.2, 0.25) is 5.02 Å². The fraction of sp³-hybridized carbons (Fsp3) is 0.400. The number of amides is 1. The molecule has 1 heterocycles. The lowest BCUT2D eigenvalue weighted by molar-refractivity contribution is -0.137. The summed E-state index contributed by atoms with van der Waals surface area (Å²) in [5.74, 6) is -1.16. The molecule has 1 rings (SSSR count). The van der Waals surface area contributed by atoms with Gasteiger partial charge in [0.25, 0.3) is 5.91 Å². The lowest BCUT2D eigenvalue weighted by atomic mass is 10.2. The zero-order chi connectivity index (χ0) is 12.1. The summed E-state index contributed by atoms with van der Waals surface area (Å²) in [4.78, 5) is 24.6. The van der Waals surface area contributed by atoms with Gasteiger partial charge in [0.1, 0.15) is 5.69 Å². The van der Waals surface area contributed by atoms with Gasteiger partial charge in [-0.15, -0.1) is 0 Å². The zero-order valence-electron chi connectivity index (χ0n) is 8.79. The first-order valence-electron chi connectivity index (χ1n) is 4.85. The summed E-state index contributed by atoms with van der Waals surface area (Å²) in [5, 5.41) is 11.6. The molecule has 1 aromatic heterocycles. The van der Waals surface area contributed by atoms with Crippen LogP contribution in [0.25, 0.3) is 0 Å². The van der Waals surface area contributed by atoms with Gasteiger partial charge in [0.15, 0.2) is 0 Å². The van der Waals surface area contributed by atoms with Crippen molar-refractivity contribution in [3.63, 3.8) is 0 Å². The second kappa shape index (κ2) is 5.55. The standard InChI is InChI=1S/C10H13ClN2O3/c1-6(2-3-9(14)15)13-10(16)8-4-7(11)5-12-8/h4-6,12H,2-3H2,1H3,(H,13,16)(H,14,15). The SMILES string of the molecule is CC(CCC(=O)O)NC(=O)c1cc(Cl)c[nH]1. The van der Waals surface area contributed by atoms with E-state index in [9.17, 15) is 9.59 Å². The molecule has 0 aliphatic heterocycles. The molecule has 1 aromatic rings. The van der Waals surface area contributed by atoms with Crippen LogP contribution >= 0.6 is 11.6 Å². The summed E-state index contributed by atoms with van der Waals surface area (Å²) in [5.41, 5.74) is 0.368. The van der Waals surface area contributed by atoms with Crippen molar-refractivity contribution in [2.75, 3.05) is 0 Å². The Morgan fingerprint density at radius 1 is 1.62 bits per heavy atom. The number of hydrogen-bond donors (Lipinski definition) is 3. The maximum absolute atomic E-state index is 11.6. The number of hydrogen-bond acceptors (Lipinski definition) is 2. The van der Waals surface area contributed by atoms with Crippen molar-refractivity contribution in [1.82, 2.24) is 10.3 Å². The van der Waals surface area contributed by atoms with Gasteiger partial charge in [-0.1, -0.05) is 11.6 Å². The highest BCUT2D eigenvalue weighted by Crippen LogP contribution is 2.09. The molecule has 0 aliphatic carbocycles. The lowest BCUT2D eigenvalue weighted by Gasteiger charge is -2.11. The molecule has 1 atom stereocenters. The van der Waals surface area contributed by atoms with E-state index in [2.05, 4.69) is 10.3 Å². The Kier molecular flexibility index (Phi) is 4.37. The number of aliphatic carboxylic acids is 1. The van der Waals surface area contributed by atoms with Crippen LogP contribution in [-0.4, -0.2) is 28.0 Å². The molecule has 0 radical (unpaired) electrons. The Morgan fingerprint density at radius 2 is 2.31 bits per heavy atom. The van der Waals surface area contributed by atoms with Crippen molar-refractivity contribution >= 4 is 23.5 Å². The number of nitrogens with one attached hydrogen (secondary N) is 2. The average Bonchev–Trinajstić information content (AvgIpc) is 2.62. The summed E-state index contributed by atoms with van der Waals surface area (Å²) < 4.78 is 0. The first-order valence-corrected chi connectivity index (χ1v) is 5.23. The van der Waals surface area contributed by atoms with Crippen LogP contribution in [0.4, 0.5) is 0 Å². The Bertz CT molecular complexity index is 389. The predicted molar refractivity (Wildman–Crippen MR) is 59.6 cm³/mol. The molecular formula is C10H13ClN2O3. The van der Waals surface area contributed by atoms with Crippen LogP contribution in [0.5, 0.6) is 0 Å². The summed E-state index contributed by atoms with van der Waals surface area (Å²) in [6, 6.07) is 1.33. The van der Waals surface area contributed by atoms with E-state index in [0.717, 1.165) is 0 Å². The second-order valence-electron chi connectivity index (χ2n) is 3.54. The number of rotatable bonds is 5. The van der Waals surface area contributed by atoms with E-state index in [1.165, 1.54) is 12.3 Å². The molecular weight excluding hydrogens is 232 g/mol. The third kappa shape index (κ3) is 3.94. The third-order valence-corrected chi connectivity index (χ3v) is 2.28. The predicted octanol–water partition coefficient (Wildman–Crippen LogP) is 1.65. The van der Waals surface area contributed by atoms with E-state index in [1.807, 2.05) is 0 Å². The third-order valence-electron chi connectivity index (χ3n) is 2.06. The molecule has 0 spiro atoms. The molecule has 0 aromatic carbocycles. The second-order valence-corrected chi connectivity index (χ2v) is 3.97. The van der Waals surface area contributed by atoms with E-state index >= 15 is 0 Å². The monoisotopic (exact) mass is 244 g/mol. The number of halogens is 1. The quantitative estimate of drug-likeness (QED) is 0.737. The van der Waals surface area contributed by atoms with Gasteiger partial charge in [-0.05, 0) is 19.4 Å². The zero-order valence-corrected chi connectivity index (χ0v) is 9.54. The van der Waals surface area contributed by atoms with Crippen LogP contribution in [0.3, 0.4) is 0 Å². The molecule has 0 aliphatic rings. The molecule has 88 valence electrons. The molecule has 0 saturated carbocycles. The fourth-order valence-corrected chi connectivity index (χ4v) is 1.38. The summed E-state index contributed by atoms with van der Waals surface area (Å²) in [6.07, 6.45) is 1.95. The van der Waals surface area contributed by atoms with Crippen molar-refractivity contribution < 1.29 is 14.7 Å². The van der Waals surface area contributed by atoms with Gasteiger partial charge in [0.05, 0.1) is 5.02 Å². The smallest absolute Gasteiger partial charge is 0.303 e. The Balaban J connectivity index is 2.42. The molecule has 0 bridgehead atoms. The number of aromatic nitrogens is 1. The number of H-pyrrole nitrogens is 1. The molecule has 1 amide bonds. The fourth-order valence-electron chi connectivity index (χ4n) is 1.21. The Hall–Kier alpha value is -1.49. The lowest BCUT2D eigenvalue weighted by Crippen LogP contribution is -2.33. The number of aromatic amines is 1. The van der Waals surface area contributed by atoms with Gasteiger partial charge in [-0.2, -0.15) is 0 Å². The van der Waals surface area contributed by atoms with Crippen LogP contribution in [0, 0.1) is 0 Å². The highest BCUT2D eigenvalue weighted by Gasteiger charge is 2.12.